The second-order valence-electron chi connectivity index (χ2n) is 5.98. The lowest BCUT2D eigenvalue weighted by molar-refractivity contribution is 0.626. The summed E-state index contributed by atoms with van der Waals surface area (Å²) < 4.78 is 15.3. The fourth-order valence-corrected chi connectivity index (χ4v) is 2.92. The van der Waals surface area contributed by atoms with Gasteiger partial charge in [0.2, 0.25) is 5.95 Å². The lowest BCUT2D eigenvalue weighted by Crippen LogP contribution is -2.08. The molecule has 25 heavy (non-hydrogen) atoms. The summed E-state index contributed by atoms with van der Waals surface area (Å²) in [4.78, 5) is 4.72. The maximum atomic E-state index is 13.2. The first-order valence-electron chi connectivity index (χ1n) is 8.27. The zero-order valence-electron chi connectivity index (χ0n) is 13.7. The van der Waals surface area contributed by atoms with E-state index in [4.69, 9.17) is 4.98 Å². The van der Waals surface area contributed by atoms with Gasteiger partial charge in [0.1, 0.15) is 5.82 Å². The van der Waals surface area contributed by atoms with E-state index in [1.807, 2.05) is 48.5 Å². The number of fused-ring (bicyclic) bond motifs is 1. The lowest BCUT2D eigenvalue weighted by atomic mass is 10.2. The van der Waals surface area contributed by atoms with E-state index < -0.39 is 0 Å². The monoisotopic (exact) mass is 331 g/mol. The van der Waals surface area contributed by atoms with Crippen molar-refractivity contribution in [2.75, 3.05) is 5.32 Å². The standard InChI is InChI=1S/C21H18FN3/c22-18-12-10-17(11-13-18)15-25-20-9-5-4-8-19(20)24-21(25)23-14-16-6-2-1-3-7-16/h1-13H,14-15H2,(H,23,24). The first-order valence-corrected chi connectivity index (χ1v) is 8.27. The Balaban J connectivity index is 1.66. The van der Waals surface area contributed by atoms with Gasteiger partial charge in [-0.1, -0.05) is 54.6 Å². The van der Waals surface area contributed by atoms with Crippen molar-refractivity contribution in [1.82, 2.24) is 9.55 Å². The summed E-state index contributed by atoms with van der Waals surface area (Å²) in [5.41, 5.74) is 4.23. The number of nitrogens with zero attached hydrogens (tertiary/aromatic N) is 2. The molecule has 4 aromatic rings. The van der Waals surface area contributed by atoms with E-state index >= 15 is 0 Å². The van der Waals surface area contributed by atoms with Gasteiger partial charge in [-0.15, -0.1) is 0 Å². The van der Waals surface area contributed by atoms with Crippen molar-refractivity contribution in [3.05, 3.63) is 95.8 Å². The summed E-state index contributed by atoms with van der Waals surface area (Å²) in [6, 6.07) is 24.9. The normalized spacial score (nSPS) is 10.9. The highest BCUT2D eigenvalue weighted by Crippen LogP contribution is 2.22. The van der Waals surface area contributed by atoms with Crippen molar-refractivity contribution in [1.29, 1.82) is 0 Å². The molecular weight excluding hydrogens is 313 g/mol. The van der Waals surface area contributed by atoms with Gasteiger partial charge in [0.15, 0.2) is 0 Å². The van der Waals surface area contributed by atoms with Crippen LogP contribution in [-0.4, -0.2) is 9.55 Å². The van der Waals surface area contributed by atoms with Crippen LogP contribution in [0.2, 0.25) is 0 Å². The van der Waals surface area contributed by atoms with E-state index in [0.29, 0.717) is 13.1 Å². The molecular formula is C21H18FN3. The van der Waals surface area contributed by atoms with Gasteiger partial charge in [-0.2, -0.15) is 0 Å². The van der Waals surface area contributed by atoms with Crippen molar-refractivity contribution in [2.45, 2.75) is 13.1 Å². The molecule has 0 bridgehead atoms. The molecule has 0 atom stereocenters. The third-order valence-electron chi connectivity index (χ3n) is 4.20. The third-order valence-corrected chi connectivity index (χ3v) is 4.20. The SMILES string of the molecule is Fc1ccc(Cn2c(NCc3ccccc3)nc3ccccc32)cc1. The van der Waals surface area contributed by atoms with Gasteiger partial charge in [0.05, 0.1) is 17.6 Å². The minimum Gasteiger partial charge on any atom is -0.352 e. The van der Waals surface area contributed by atoms with E-state index in [-0.39, 0.29) is 5.82 Å². The maximum absolute atomic E-state index is 13.2. The van der Waals surface area contributed by atoms with E-state index in [0.717, 1.165) is 22.5 Å². The number of hydrogen-bond acceptors (Lipinski definition) is 2. The topological polar surface area (TPSA) is 29.9 Å². The van der Waals surface area contributed by atoms with Crippen LogP contribution in [0.5, 0.6) is 0 Å². The number of imidazole rings is 1. The highest BCUT2D eigenvalue weighted by atomic mass is 19.1. The molecule has 0 amide bonds. The van der Waals surface area contributed by atoms with Crippen LogP contribution in [0.25, 0.3) is 11.0 Å². The molecule has 1 heterocycles. The fraction of sp³-hybridized carbons (Fsp3) is 0.0952. The summed E-state index contributed by atoms with van der Waals surface area (Å²) in [6.45, 7) is 1.34. The Kier molecular flexibility index (Phi) is 4.17. The van der Waals surface area contributed by atoms with Crippen LogP contribution in [0.15, 0.2) is 78.9 Å². The average Bonchev–Trinajstić information content (AvgIpc) is 3.00. The molecule has 0 aliphatic rings. The second kappa shape index (κ2) is 6.77. The van der Waals surface area contributed by atoms with Gasteiger partial charge in [-0.25, -0.2) is 9.37 Å². The zero-order chi connectivity index (χ0) is 17.1. The largest absolute Gasteiger partial charge is 0.352 e. The number of rotatable bonds is 5. The first kappa shape index (κ1) is 15.4. The van der Waals surface area contributed by atoms with Crippen LogP contribution in [0.1, 0.15) is 11.1 Å². The quantitative estimate of drug-likeness (QED) is 0.567. The van der Waals surface area contributed by atoms with E-state index in [9.17, 15) is 4.39 Å². The molecule has 0 saturated carbocycles. The van der Waals surface area contributed by atoms with Gasteiger partial charge in [0, 0.05) is 6.54 Å². The van der Waals surface area contributed by atoms with Crippen LogP contribution in [0, 0.1) is 5.82 Å². The minimum absolute atomic E-state index is 0.221. The van der Waals surface area contributed by atoms with Gasteiger partial charge in [-0.3, -0.25) is 0 Å². The van der Waals surface area contributed by atoms with Crippen LogP contribution >= 0.6 is 0 Å². The fourth-order valence-electron chi connectivity index (χ4n) is 2.92. The highest BCUT2D eigenvalue weighted by Gasteiger charge is 2.10. The molecule has 0 spiro atoms. The molecule has 3 nitrogen and oxygen atoms in total. The predicted octanol–water partition coefficient (Wildman–Crippen LogP) is 4.84. The van der Waals surface area contributed by atoms with Crippen molar-refractivity contribution in [2.24, 2.45) is 0 Å². The van der Waals surface area contributed by atoms with Crippen molar-refractivity contribution in [3.8, 4) is 0 Å². The Morgan fingerprint density at radius 2 is 1.52 bits per heavy atom. The maximum Gasteiger partial charge on any atom is 0.204 e. The molecule has 0 aliphatic heterocycles. The summed E-state index contributed by atoms with van der Waals surface area (Å²) in [7, 11) is 0. The Hall–Kier alpha value is -3.14. The molecule has 3 aromatic carbocycles. The van der Waals surface area contributed by atoms with Gasteiger partial charge in [-0.05, 0) is 35.4 Å². The van der Waals surface area contributed by atoms with Crippen LogP contribution in [0.3, 0.4) is 0 Å². The lowest BCUT2D eigenvalue weighted by Gasteiger charge is -2.11. The van der Waals surface area contributed by atoms with Gasteiger partial charge in [0.25, 0.3) is 0 Å². The average molecular weight is 331 g/mol. The number of aromatic nitrogens is 2. The summed E-state index contributed by atoms with van der Waals surface area (Å²) in [5, 5.41) is 3.43. The molecule has 0 saturated heterocycles. The van der Waals surface area contributed by atoms with Crippen molar-refractivity contribution >= 4 is 17.0 Å². The smallest absolute Gasteiger partial charge is 0.204 e. The molecule has 0 unspecified atom stereocenters. The van der Waals surface area contributed by atoms with Gasteiger partial charge >= 0.3 is 0 Å². The third kappa shape index (κ3) is 3.38. The predicted molar refractivity (Wildman–Crippen MR) is 99.0 cm³/mol. The van der Waals surface area contributed by atoms with E-state index in [1.165, 1.54) is 17.7 Å². The summed E-state index contributed by atoms with van der Waals surface area (Å²) >= 11 is 0. The number of benzene rings is 3. The summed E-state index contributed by atoms with van der Waals surface area (Å²) in [6.07, 6.45) is 0. The molecule has 0 fully saturated rings. The van der Waals surface area contributed by atoms with E-state index in [1.54, 1.807) is 0 Å². The number of halogens is 1. The van der Waals surface area contributed by atoms with Crippen LogP contribution < -0.4 is 5.32 Å². The molecule has 4 rings (SSSR count). The molecule has 1 aromatic heterocycles. The van der Waals surface area contributed by atoms with Crippen LogP contribution in [0.4, 0.5) is 10.3 Å². The first-order chi connectivity index (χ1) is 12.3. The summed E-state index contributed by atoms with van der Waals surface area (Å²) in [5.74, 6) is 0.594. The van der Waals surface area contributed by atoms with Crippen LogP contribution in [-0.2, 0) is 13.1 Å². The number of para-hydroxylation sites is 2. The van der Waals surface area contributed by atoms with Crippen molar-refractivity contribution < 1.29 is 4.39 Å². The Labute approximate surface area is 145 Å². The number of hydrogen-bond donors (Lipinski definition) is 1. The molecule has 0 radical (unpaired) electrons. The van der Waals surface area contributed by atoms with Gasteiger partial charge < -0.3 is 9.88 Å². The Morgan fingerprint density at radius 3 is 2.32 bits per heavy atom. The molecule has 4 heteroatoms. The Morgan fingerprint density at radius 1 is 0.800 bits per heavy atom. The number of anilines is 1. The number of nitrogens with one attached hydrogen (secondary N) is 1. The molecule has 0 aliphatic carbocycles. The van der Waals surface area contributed by atoms with Crippen molar-refractivity contribution in [3.63, 3.8) is 0 Å². The van der Waals surface area contributed by atoms with E-state index in [2.05, 4.69) is 28.1 Å². The zero-order valence-corrected chi connectivity index (χ0v) is 13.7. The minimum atomic E-state index is -0.221. The molecule has 1 N–H and O–H groups in total. The second-order valence-corrected chi connectivity index (χ2v) is 5.98. The Bertz CT molecular complexity index is 975. The molecule has 124 valence electrons. The highest BCUT2D eigenvalue weighted by molar-refractivity contribution is 5.78.